The lowest BCUT2D eigenvalue weighted by Gasteiger charge is -2.08. The molecule has 0 amide bonds. The first-order valence-corrected chi connectivity index (χ1v) is 6.29. The van der Waals surface area contributed by atoms with Crippen molar-refractivity contribution < 1.29 is 8.81 Å². The second-order valence-corrected chi connectivity index (χ2v) is 4.39. The van der Waals surface area contributed by atoms with Crippen molar-refractivity contribution in [2.24, 2.45) is 0 Å². The van der Waals surface area contributed by atoms with Gasteiger partial charge in [-0.25, -0.2) is 9.37 Å². The molecule has 0 saturated carbocycles. The van der Waals surface area contributed by atoms with E-state index in [0.717, 1.165) is 11.3 Å². The van der Waals surface area contributed by atoms with E-state index in [1.54, 1.807) is 18.3 Å². The maximum absolute atomic E-state index is 13.5. The van der Waals surface area contributed by atoms with Gasteiger partial charge in [0.2, 0.25) is 0 Å². The summed E-state index contributed by atoms with van der Waals surface area (Å²) in [6.45, 7) is 0.437. The van der Waals surface area contributed by atoms with Crippen molar-refractivity contribution in [3.8, 4) is 11.3 Å². The minimum Gasteiger partial charge on any atom is -0.444 e. The van der Waals surface area contributed by atoms with Crippen molar-refractivity contribution in [1.29, 1.82) is 0 Å². The Morgan fingerprint density at radius 1 is 1.10 bits per heavy atom. The highest BCUT2D eigenvalue weighted by Gasteiger charge is 2.03. The average Bonchev–Trinajstić information content (AvgIpc) is 3.01. The molecule has 0 aliphatic carbocycles. The van der Waals surface area contributed by atoms with Crippen LogP contribution in [0.4, 0.5) is 10.1 Å². The normalized spacial score (nSPS) is 10.4. The first-order valence-electron chi connectivity index (χ1n) is 6.29. The lowest BCUT2D eigenvalue weighted by atomic mass is 10.1. The largest absolute Gasteiger partial charge is 0.444 e. The third-order valence-electron chi connectivity index (χ3n) is 3.02. The number of halogens is 1. The summed E-state index contributed by atoms with van der Waals surface area (Å²) in [6, 6.07) is 14.5. The van der Waals surface area contributed by atoms with Crippen LogP contribution in [-0.2, 0) is 6.54 Å². The Labute approximate surface area is 116 Å². The van der Waals surface area contributed by atoms with Crippen molar-refractivity contribution in [1.82, 2.24) is 4.98 Å². The first-order chi connectivity index (χ1) is 9.83. The number of hydrogen-bond donors (Lipinski definition) is 1. The monoisotopic (exact) mass is 268 g/mol. The first kappa shape index (κ1) is 12.4. The molecule has 3 rings (SSSR count). The molecule has 0 bridgehead atoms. The fraction of sp³-hybridized carbons (Fsp3) is 0.0625. The zero-order valence-electron chi connectivity index (χ0n) is 10.7. The Bertz CT molecular complexity index is 695. The predicted molar refractivity (Wildman–Crippen MR) is 75.7 cm³/mol. The highest BCUT2D eigenvalue weighted by molar-refractivity contribution is 5.63. The fourth-order valence-electron chi connectivity index (χ4n) is 1.98. The second kappa shape index (κ2) is 5.57. The number of nitrogens with one attached hydrogen (secondary N) is 1. The molecule has 3 aromatic rings. The van der Waals surface area contributed by atoms with Gasteiger partial charge in [-0.2, -0.15) is 0 Å². The minimum absolute atomic E-state index is 0.202. The van der Waals surface area contributed by atoms with Crippen molar-refractivity contribution in [2.75, 3.05) is 5.32 Å². The van der Waals surface area contributed by atoms with E-state index in [-0.39, 0.29) is 5.82 Å². The van der Waals surface area contributed by atoms with Gasteiger partial charge in [-0.3, -0.25) is 0 Å². The van der Waals surface area contributed by atoms with Gasteiger partial charge in [0, 0.05) is 23.4 Å². The lowest BCUT2D eigenvalue weighted by Crippen LogP contribution is -2.01. The Kier molecular flexibility index (Phi) is 3.46. The molecule has 1 aromatic heterocycles. The van der Waals surface area contributed by atoms with Crippen LogP contribution in [-0.4, -0.2) is 4.98 Å². The maximum Gasteiger partial charge on any atom is 0.181 e. The van der Waals surface area contributed by atoms with E-state index in [4.69, 9.17) is 4.42 Å². The van der Waals surface area contributed by atoms with E-state index in [9.17, 15) is 4.39 Å². The van der Waals surface area contributed by atoms with Crippen LogP contribution in [0.5, 0.6) is 0 Å². The molecule has 1 N–H and O–H groups in total. The second-order valence-electron chi connectivity index (χ2n) is 4.39. The van der Waals surface area contributed by atoms with Gasteiger partial charge < -0.3 is 9.73 Å². The number of anilines is 1. The predicted octanol–water partition coefficient (Wildman–Crippen LogP) is 4.09. The molecule has 4 heteroatoms. The Balaban J connectivity index is 1.75. The Morgan fingerprint density at radius 3 is 2.80 bits per heavy atom. The number of hydrogen-bond acceptors (Lipinski definition) is 3. The summed E-state index contributed by atoms with van der Waals surface area (Å²) in [7, 11) is 0. The number of nitrogens with zero attached hydrogens (tertiary/aromatic N) is 1. The molecule has 2 aromatic carbocycles. The quantitative estimate of drug-likeness (QED) is 0.774. The number of aromatic nitrogens is 1. The standard InChI is InChI=1S/C16H13FN2O/c17-15-7-2-1-4-13(15)9-19-14-6-3-5-12(8-14)16-10-18-11-20-16/h1-8,10-11,19H,9H2. The third kappa shape index (κ3) is 2.69. The van der Waals surface area contributed by atoms with Gasteiger partial charge >= 0.3 is 0 Å². The van der Waals surface area contributed by atoms with E-state index in [1.165, 1.54) is 12.5 Å². The van der Waals surface area contributed by atoms with Crippen LogP contribution in [0.3, 0.4) is 0 Å². The topological polar surface area (TPSA) is 38.1 Å². The molecule has 0 radical (unpaired) electrons. The molecule has 0 unspecified atom stereocenters. The summed E-state index contributed by atoms with van der Waals surface area (Å²) < 4.78 is 18.8. The third-order valence-corrected chi connectivity index (χ3v) is 3.02. The van der Waals surface area contributed by atoms with Crippen molar-refractivity contribution in [3.63, 3.8) is 0 Å². The van der Waals surface area contributed by atoms with E-state index in [2.05, 4.69) is 10.3 Å². The van der Waals surface area contributed by atoms with Gasteiger partial charge in [0.15, 0.2) is 12.2 Å². The number of oxazole rings is 1. The molecule has 3 nitrogen and oxygen atoms in total. The molecule has 0 fully saturated rings. The van der Waals surface area contributed by atoms with Crippen LogP contribution < -0.4 is 5.32 Å². The van der Waals surface area contributed by atoms with Gasteiger partial charge in [0.05, 0.1) is 6.20 Å². The van der Waals surface area contributed by atoms with Crippen LogP contribution in [0.25, 0.3) is 11.3 Å². The maximum atomic E-state index is 13.5. The molecule has 0 saturated heterocycles. The molecule has 0 aliphatic rings. The fourth-order valence-corrected chi connectivity index (χ4v) is 1.98. The summed E-state index contributed by atoms with van der Waals surface area (Å²) in [6.07, 6.45) is 3.06. The molecule has 0 aliphatic heterocycles. The molecule has 100 valence electrons. The Morgan fingerprint density at radius 2 is 2.00 bits per heavy atom. The van der Waals surface area contributed by atoms with E-state index < -0.39 is 0 Å². The van der Waals surface area contributed by atoms with Gasteiger partial charge in [-0.1, -0.05) is 30.3 Å². The smallest absolute Gasteiger partial charge is 0.181 e. The van der Waals surface area contributed by atoms with Gasteiger partial charge in [0.1, 0.15) is 5.82 Å². The van der Waals surface area contributed by atoms with Crippen LogP contribution in [0.2, 0.25) is 0 Å². The van der Waals surface area contributed by atoms with Crippen LogP contribution in [0, 0.1) is 5.82 Å². The molecule has 0 spiro atoms. The van der Waals surface area contributed by atoms with Gasteiger partial charge in [0.25, 0.3) is 0 Å². The average molecular weight is 268 g/mol. The number of rotatable bonds is 4. The highest BCUT2D eigenvalue weighted by atomic mass is 19.1. The Hall–Kier alpha value is -2.62. The van der Waals surface area contributed by atoms with Crippen molar-refractivity contribution in [3.05, 3.63) is 72.5 Å². The van der Waals surface area contributed by atoms with E-state index >= 15 is 0 Å². The lowest BCUT2D eigenvalue weighted by molar-refractivity contribution is 0.572. The van der Waals surface area contributed by atoms with Crippen molar-refractivity contribution >= 4 is 5.69 Å². The summed E-state index contributed by atoms with van der Waals surface area (Å²) >= 11 is 0. The van der Waals surface area contributed by atoms with Crippen LogP contribution in [0.15, 0.2) is 65.5 Å². The van der Waals surface area contributed by atoms with Crippen LogP contribution >= 0.6 is 0 Å². The van der Waals surface area contributed by atoms with Gasteiger partial charge in [-0.05, 0) is 18.2 Å². The molecule has 1 heterocycles. The van der Waals surface area contributed by atoms with Crippen molar-refractivity contribution in [2.45, 2.75) is 6.54 Å². The zero-order valence-corrected chi connectivity index (χ0v) is 10.7. The zero-order chi connectivity index (χ0) is 13.8. The summed E-state index contributed by atoms with van der Waals surface area (Å²) in [4.78, 5) is 3.90. The van der Waals surface area contributed by atoms with E-state index in [0.29, 0.717) is 17.9 Å². The molecular formula is C16H13FN2O. The SMILES string of the molecule is Fc1ccccc1CNc1cccc(-c2cnco2)c1. The molecule has 20 heavy (non-hydrogen) atoms. The number of benzene rings is 2. The summed E-state index contributed by atoms with van der Waals surface area (Å²) in [5, 5.41) is 3.20. The molecular weight excluding hydrogens is 255 g/mol. The van der Waals surface area contributed by atoms with Gasteiger partial charge in [-0.15, -0.1) is 0 Å². The summed E-state index contributed by atoms with van der Waals surface area (Å²) in [5.74, 6) is 0.505. The highest BCUT2D eigenvalue weighted by Crippen LogP contribution is 2.22. The van der Waals surface area contributed by atoms with E-state index in [1.807, 2.05) is 30.3 Å². The van der Waals surface area contributed by atoms with Crippen LogP contribution in [0.1, 0.15) is 5.56 Å². The molecule has 0 atom stereocenters. The minimum atomic E-state index is -0.202. The summed E-state index contributed by atoms with van der Waals surface area (Å²) in [5.41, 5.74) is 2.47.